The summed E-state index contributed by atoms with van der Waals surface area (Å²) in [5.41, 5.74) is 2.70. The second-order valence-corrected chi connectivity index (χ2v) is 10.6. The largest absolute Gasteiger partial charge is 0.346 e. The van der Waals surface area contributed by atoms with Crippen LogP contribution in [0.5, 0.6) is 0 Å². The van der Waals surface area contributed by atoms with Crippen LogP contribution in [-0.4, -0.2) is 47.9 Å². The van der Waals surface area contributed by atoms with E-state index in [1.807, 2.05) is 26.0 Å². The van der Waals surface area contributed by atoms with Crippen molar-refractivity contribution in [2.75, 3.05) is 22.9 Å². The predicted molar refractivity (Wildman–Crippen MR) is 136 cm³/mol. The van der Waals surface area contributed by atoms with Crippen LogP contribution in [0.4, 0.5) is 11.4 Å². The molecule has 3 amide bonds. The molecule has 1 saturated carbocycles. The average Bonchev–Trinajstić information content (AvgIpc) is 3.66. The van der Waals surface area contributed by atoms with E-state index in [-0.39, 0.29) is 54.4 Å². The highest BCUT2D eigenvalue weighted by atomic mass is 16.2. The number of carbonyl (C=O) groups is 3. The van der Waals surface area contributed by atoms with Gasteiger partial charge in [-0.3, -0.25) is 24.3 Å². The highest BCUT2D eigenvalue weighted by molar-refractivity contribution is 6.13. The molecule has 35 heavy (non-hydrogen) atoms. The van der Waals surface area contributed by atoms with Gasteiger partial charge in [-0.2, -0.15) is 0 Å². The maximum Gasteiger partial charge on any atom is 0.251 e. The minimum atomic E-state index is -0.237. The second-order valence-electron chi connectivity index (χ2n) is 10.6. The lowest BCUT2D eigenvalue weighted by molar-refractivity contribution is -0.122. The van der Waals surface area contributed by atoms with E-state index in [2.05, 4.69) is 36.4 Å². The lowest BCUT2D eigenvalue weighted by Gasteiger charge is -2.37. The van der Waals surface area contributed by atoms with Crippen molar-refractivity contribution in [2.45, 2.75) is 65.6 Å². The molecule has 2 aromatic rings. The standard InChI is InChI=1S/C27H35N5O3/c1-17(19-10-12-28-13-11-19)30-26(35)20-6-9-22-23(14-20)31(16-25(34)32(22)21-7-8-21)24(33)15-29-18(2)27(3,4)5/h6,9-14,17-18,21,29H,7-8,15-16H2,1-5H3,(H,30,35)/t17-,18-/m0/s1. The summed E-state index contributed by atoms with van der Waals surface area (Å²) < 4.78 is 0. The third-order valence-corrected chi connectivity index (χ3v) is 6.98. The summed E-state index contributed by atoms with van der Waals surface area (Å²) in [6, 6.07) is 9.06. The highest BCUT2D eigenvalue weighted by Gasteiger charge is 2.41. The minimum Gasteiger partial charge on any atom is -0.346 e. The molecule has 0 radical (unpaired) electrons. The summed E-state index contributed by atoms with van der Waals surface area (Å²) in [5, 5.41) is 6.30. The molecule has 1 aromatic carbocycles. The lowest BCUT2D eigenvalue weighted by Crippen LogP contribution is -2.52. The third-order valence-electron chi connectivity index (χ3n) is 6.98. The summed E-state index contributed by atoms with van der Waals surface area (Å²) in [6.45, 7) is 10.4. The molecule has 0 spiro atoms. The van der Waals surface area contributed by atoms with Gasteiger partial charge in [0, 0.05) is 30.0 Å². The summed E-state index contributed by atoms with van der Waals surface area (Å²) in [6.07, 6.45) is 5.29. The Morgan fingerprint density at radius 1 is 1.09 bits per heavy atom. The zero-order valence-electron chi connectivity index (χ0n) is 21.2. The fourth-order valence-electron chi connectivity index (χ4n) is 4.13. The molecule has 2 atom stereocenters. The van der Waals surface area contributed by atoms with Gasteiger partial charge in [0.15, 0.2) is 0 Å². The number of anilines is 2. The van der Waals surface area contributed by atoms with E-state index < -0.39 is 0 Å². The normalized spacial score (nSPS) is 17.6. The first kappa shape index (κ1) is 24.9. The third kappa shape index (κ3) is 5.53. The number of hydrogen-bond acceptors (Lipinski definition) is 5. The zero-order chi connectivity index (χ0) is 25.3. The Balaban J connectivity index is 1.58. The first-order valence-electron chi connectivity index (χ1n) is 12.3. The number of pyridine rings is 1. The number of amides is 3. The van der Waals surface area contributed by atoms with Crippen LogP contribution in [0.2, 0.25) is 0 Å². The molecule has 4 rings (SSSR count). The predicted octanol–water partition coefficient (Wildman–Crippen LogP) is 3.44. The molecule has 0 saturated heterocycles. The molecule has 2 aliphatic rings. The fraction of sp³-hybridized carbons (Fsp3) is 0.481. The van der Waals surface area contributed by atoms with Crippen LogP contribution in [0.1, 0.15) is 69.4 Å². The van der Waals surface area contributed by atoms with E-state index in [9.17, 15) is 14.4 Å². The van der Waals surface area contributed by atoms with Crippen LogP contribution in [-0.2, 0) is 9.59 Å². The number of nitrogens with one attached hydrogen (secondary N) is 2. The van der Waals surface area contributed by atoms with Gasteiger partial charge < -0.3 is 15.5 Å². The summed E-state index contributed by atoms with van der Waals surface area (Å²) in [5.74, 6) is -0.506. The monoisotopic (exact) mass is 477 g/mol. The summed E-state index contributed by atoms with van der Waals surface area (Å²) in [4.78, 5) is 46.7. The van der Waals surface area contributed by atoms with Gasteiger partial charge in [0.1, 0.15) is 6.54 Å². The maximum absolute atomic E-state index is 13.3. The minimum absolute atomic E-state index is 0.00452. The van der Waals surface area contributed by atoms with Gasteiger partial charge in [-0.05, 0) is 68.0 Å². The quantitative estimate of drug-likeness (QED) is 0.637. The molecule has 1 aliphatic heterocycles. The molecule has 0 unspecified atom stereocenters. The van der Waals surface area contributed by atoms with Gasteiger partial charge in [-0.1, -0.05) is 20.8 Å². The van der Waals surface area contributed by atoms with Crippen LogP contribution in [0, 0.1) is 5.41 Å². The average molecular weight is 478 g/mol. The Hall–Kier alpha value is -3.26. The lowest BCUT2D eigenvalue weighted by atomic mass is 9.88. The van der Waals surface area contributed by atoms with Gasteiger partial charge in [0.2, 0.25) is 11.8 Å². The van der Waals surface area contributed by atoms with E-state index in [0.29, 0.717) is 16.9 Å². The Labute approximate surface area is 207 Å². The maximum atomic E-state index is 13.3. The molecule has 8 heteroatoms. The molecule has 0 bridgehead atoms. The number of aromatic nitrogens is 1. The van der Waals surface area contributed by atoms with Crippen molar-refractivity contribution in [3.8, 4) is 0 Å². The van der Waals surface area contributed by atoms with Gasteiger partial charge in [0.05, 0.1) is 24.0 Å². The molecule has 2 N–H and O–H groups in total. The first-order valence-corrected chi connectivity index (χ1v) is 12.3. The van der Waals surface area contributed by atoms with Crippen molar-refractivity contribution in [3.63, 3.8) is 0 Å². The van der Waals surface area contributed by atoms with Gasteiger partial charge in [0.25, 0.3) is 5.91 Å². The number of hydrogen-bond donors (Lipinski definition) is 2. The topological polar surface area (TPSA) is 94.6 Å². The molecular formula is C27H35N5O3. The molecule has 1 fully saturated rings. The number of nitrogens with zero attached hydrogens (tertiary/aromatic N) is 3. The molecule has 1 aromatic heterocycles. The molecular weight excluding hydrogens is 442 g/mol. The van der Waals surface area contributed by atoms with Gasteiger partial charge in [-0.25, -0.2) is 0 Å². The van der Waals surface area contributed by atoms with Gasteiger partial charge >= 0.3 is 0 Å². The van der Waals surface area contributed by atoms with E-state index in [1.54, 1.807) is 35.5 Å². The van der Waals surface area contributed by atoms with Crippen LogP contribution < -0.4 is 20.4 Å². The Kier molecular flexibility index (Phi) is 6.94. The van der Waals surface area contributed by atoms with Crippen LogP contribution in [0.15, 0.2) is 42.7 Å². The van der Waals surface area contributed by atoms with E-state index >= 15 is 0 Å². The Bertz CT molecular complexity index is 1110. The Morgan fingerprint density at radius 3 is 2.40 bits per heavy atom. The first-order chi connectivity index (χ1) is 16.6. The van der Waals surface area contributed by atoms with E-state index in [4.69, 9.17) is 0 Å². The van der Waals surface area contributed by atoms with Crippen molar-refractivity contribution in [1.82, 2.24) is 15.6 Å². The molecule has 2 heterocycles. The van der Waals surface area contributed by atoms with Crippen LogP contribution >= 0.6 is 0 Å². The molecule has 8 nitrogen and oxygen atoms in total. The highest BCUT2D eigenvalue weighted by Crippen LogP contribution is 2.41. The number of rotatable bonds is 7. The van der Waals surface area contributed by atoms with Crippen molar-refractivity contribution < 1.29 is 14.4 Å². The summed E-state index contributed by atoms with van der Waals surface area (Å²) >= 11 is 0. The zero-order valence-corrected chi connectivity index (χ0v) is 21.2. The second kappa shape index (κ2) is 9.77. The van der Waals surface area contributed by atoms with Crippen molar-refractivity contribution >= 4 is 29.1 Å². The summed E-state index contributed by atoms with van der Waals surface area (Å²) in [7, 11) is 0. The van der Waals surface area contributed by atoms with Crippen LogP contribution in [0.3, 0.4) is 0 Å². The SMILES string of the molecule is C[C@H](NC(=O)c1ccc2c(c1)N(C(=O)CN[C@@H](C)C(C)(C)C)CC(=O)N2C1CC1)c1ccncc1. The molecule has 1 aliphatic carbocycles. The number of fused-ring (bicyclic) bond motifs is 1. The Morgan fingerprint density at radius 2 is 1.77 bits per heavy atom. The van der Waals surface area contributed by atoms with Gasteiger partial charge in [-0.15, -0.1) is 0 Å². The smallest absolute Gasteiger partial charge is 0.251 e. The van der Waals surface area contributed by atoms with Crippen LogP contribution in [0.25, 0.3) is 0 Å². The van der Waals surface area contributed by atoms with Crippen molar-refractivity contribution in [1.29, 1.82) is 0 Å². The number of carbonyl (C=O) groups excluding carboxylic acids is 3. The fourth-order valence-corrected chi connectivity index (χ4v) is 4.13. The van der Waals surface area contributed by atoms with Crippen molar-refractivity contribution in [3.05, 3.63) is 53.9 Å². The van der Waals surface area contributed by atoms with Crippen molar-refractivity contribution in [2.24, 2.45) is 5.41 Å². The van der Waals surface area contributed by atoms with E-state index in [1.165, 1.54) is 4.90 Å². The van der Waals surface area contributed by atoms with E-state index in [0.717, 1.165) is 18.4 Å². The molecule has 186 valence electrons. The number of benzene rings is 1.